The molecule has 1 heterocycles. The van der Waals surface area contributed by atoms with Crippen LogP contribution >= 0.6 is 22.9 Å². The van der Waals surface area contributed by atoms with Crippen molar-refractivity contribution in [1.29, 1.82) is 0 Å². The molecule has 0 saturated carbocycles. The molecule has 0 bridgehead atoms. The highest BCUT2D eigenvalue weighted by Crippen LogP contribution is 2.25. The third-order valence-electron chi connectivity index (χ3n) is 2.24. The van der Waals surface area contributed by atoms with Crippen molar-refractivity contribution in [3.63, 3.8) is 0 Å². The van der Waals surface area contributed by atoms with Gasteiger partial charge in [-0.05, 0) is 40.6 Å². The lowest BCUT2D eigenvalue weighted by Crippen LogP contribution is -2.07. The SMILES string of the molecule is Nc1cc(Cl)ccc1S(=O)(=O)Cc1ccsc1. The van der Waals surface area contributed by atoms with Crippen LogP contribution in [0, 0.1) is 0 Å². The van der Waals surface area contributed by atoms with Crippen LogP contribution in [0.3, 0.4) is 0 Å². The summed E-state index contributed by atoms with van der Waals surface area (Å²) in [6.45, 7) is 0. The van der Waals surface area contributed by atoms with Gasteiger partial charge in [-0.1, -0.05) is 11.6 Å². The van der Waals surface area contributed by atoms with Gasteiger partial charge in [0.1, 0.15) is 0 Å². The summed E-state index contributed by atoms with van der Waals surface area (Å²) in [5.41, 5.74) is 6.63. The Hall–Kier alpha value is -1.04. The molecule has 0 unspecified atom stereocenters. The van der Waals surface area contributed by atoms with E-state index in [-0.39, 0.29) is 16.3 Å². The number of halogens is 1. The number of sulfone groups is 1. The van der Waals surface area contributed by atoms with Gasteiger partial charge in [-0.15, -0.1) is 0 Å². The van der Waals surface area contributed by atoms with E-state index in [4.69, 9.17) is 17.3 Å². The summed E-state index contributed by atoms with van der Waals surface area (Å²) >= 11 is 7.20. The fourth-order valence-electron chi connectivity index (χ4n) is 1.47. The number of benzene rings is 1. The first-order valence-electron chi connectivity index (χ1n) is 4.78. The van der Waals surface area contributed by atoms with Crippen molar-refractivity contribution < 1.29 is 8.42 Å². The second kappa shape index (κ2) is 4.68. The summed E-state index contributed by atoms with van der Waals surface area (Å²) < 4.78 is 24.2. The second-order valence-corrected chi connectivity index (χ2v) is 6.75. The van der Waals surface area contributed by atoms with Gasteiger partial charge < -0.3 is 5.73 Å². The zero-order chi connectivity index (χ0) is 12.5. The van der Waals surface area contributed by atoms with Gasteiger partial charge in [-0.2, -0.15) is 11.3 Å². The smallest absolute Gasteiger partial charge is 0.184 e. The molecule has 1 aromatic carbocycles. The summed E-state index contributed by atoms with van der Waals surface area (Å²) in [5.74, 6) is -0.0394. The third kappa shape index (κ3) is 2.80. The summed E-state index contributed by atoms with van der Waals surface area (Å²) in [6.07, 6.45) is 0. The molecular formula is C11H10ClNO2S2. The monoisotopic (exact) mass is 287 g/mol. The highest BCUT2D eigenvalue weighted by atomic mass is 35.5. The van der Waals surface area contributed by atoms with Crippen LogP contribution in [0.25, 0.3) is 0 Å². The molecule has 0 atom stereocenters. The number of thiophene rings is 1. The van der Waals surface area contributed by atoms with Crippen molar-refractivity contribution >= 4 is 38.5 Å². The van der Waals surface area contributed by atoms with Gasteiger partial charge >= 0.3 is 0 Å². The van der Waals surface area contributed by atoms with E-state index in [2.05, 4.69) is 0 Å². The van der Waals surface area contributed by atoms with Crippen LogP contribution in [-0.4, -0.2) is 8.42 Å². The van der Waals surface area contributed by atoms with E-state index in [9.17, 15) is 8.42 Å². The maximum atomic E-state index is 12.1. The summed E-state index contributed by atoms with van der Waals surface area (Å²) in [6, 6.07) is 6.20. The quantitative estimate of drug-likeness (QED) is 0.883. The number of rotatable bonds is 3. The van der Waals surface area contributed by atoms with Gasteiger partial charge in [-0.25, -0.2) is 8.42 Å². The van der Waals surface area contributed by atoms with Gasteiger partial charge in [0.15, 0.2) is 9.84 Å². The predicted octanol–water partition coefficient (Wildman–Crippen LogP) is 2.96. The fraction of sp³-hybridized carbons (Fsp3) is 0.0909. The van der Waals surface area contributed by atoms with E-state index in [0.29, 0.717) is 5.02 Å². The Morgan fingerprint density at radius 3 is 2.65 bits per heavy atom. The van der Waals surface area contributed by atoms with Crippen molar-refractivity contribution in [2.24, 2.45) is 0 Å². The van der Waals surface area contributed by atoms with Gasteiger partial charge in [0.25, 0.3) is 0 Å². The zero-order valence-corrected chi connectivity index (χ0v) is 11.1. The normalized spacial score (nSPS) is 11.6. The van der Waals surface area contributed by atoms with E-state index in [1.165, 1.54) is 29.5 Å². The maximum Gasteiger partial charge on any atom is 0.184 e. The molecule has 0 spiro atoms. The molecule has 2 rings (SSSR count). The average molecular weight is 288 g/mol. The van der Waals surface area contributed by atoms with Crippen LogP contribution in [0.2, 0.25) is 5.02 Å². The van der Waals surface area contributed by atoms with Crippen LogP contribution in [0.1, 0.15) is 5.56 Å². The predicted molar refractivity (Wildman–Crippen MR) is 71.1 cm³/mol. The van der Waals surface area contributed by atoms with Crippen molar-refractivity contribution in [2.75, 3.05) is 5.73 Å². The molecule has 6 heteroatoms. The minimum absolute atomic E-state index is 0.0394. The highest BCUT2D eigenvalue weighted by molar-refractivity contribution is 7.90. The Morgan fingerprint density at radius 2 is 2.06 bits per heavy atom. The van der Waals surface area contributed by atoms with Gasteiger partial charge in [0.05, 0.1) is 16.3 Å². The molecular weight excluding hydrogens is 278 g/mol. The van der Waals surface area contributed by atoms with Gasteiger partial charge in [-0.3, -0.25) is 0 Å². The number of hydrogen-bond donors (Lipinski definition) is 1. The molecule has 2 N–H and O–H groups in total. The molecule has 0 aliphatic carbocycles. The molecule has 2 aromatic rings. The van der Waals surface area contributed by atoms with Crippen molar-refractivity contribution in [3.05, 3.63) is 45.6 Å². The van der Waals surface area contributed by atoms with Gasteiger partial charge in [0, 0.05) is 5.02 Å². The number of hydrogen-bond acceptors (Lipinski definition) is 4. The van der Waals surface area contributed by atoms with Crippen LogP contribution in [-0.2, 0) is 15.6 Å². The molecule has 0 radical (unpaired) electrons. The lowest BCUT2D eigenvalue weighted by Gasteiger charge is -2.06. The fourth-order valence-corrected chi connectivity index (χ4v) is 3.90. The number of anilines is 1. The van der Waals surface area contributed by atoms with Crippen LogP contribution in [0.5, 0.6) is 0 Å². The second-order valence-electron chi connectivity index (χ2n) is 3.57. The zero-order valence-electron chi connectivity index (χ0n) is 8.76. The third-order valence-corrected chi connectivity index (χ3v) is 4.97. The standard InChI is InChI=1S/C11H10ClNO2S2/c12-9-1-2-11(10(13)5-9)17(14,15)7-8-3-4-16-6-8/h1-6H,7,13H2. The topological polar surface area (TPSA) is 60.2 Å². The van der Waals surface area contributed by atoms with E-state index >= 15 is 0 Å². The largest absolute Gasteiger partial charge is 0.398 e. The Bertz CT molecular complexity index is 621. The Morgan fingerprint density at radius 1 is 1.29 bits per heavy atom. The van der Waals surface area contributed by atoms with Crippen molar-refractivity contribution in [3.8, 4) is 0 Å². The molecule has 0 fully saturated rings. The molecule has 0 aliphatic rings. The van der Waals surface area contributed by atoms with Crippen LogP contribution in [0.4, 0.5) is 5.69 Å². The molecule has 0 amide bonds. The molecule has 1 aromatic heterocycles. The first-order valence-corrected chi connectivity index (χ1v) is 7.75. The van der Waals surface area contributed by atoms with Gasteiger partial charge in [0.2, 0.25) is 0 Å². The Labute approximate surface area is 109 Å². The van der Waals surface area contributed by atoms with E-state index in [1.807, 2.05) is 10.8 Å². The van der Waals surface area contributed by atoms with Crippen molar-refractivity contribution in [2.45, 2.75) is 10.6 Å². The van der Waals surface area contributed by atoms with E-state index in [0.717, 1.165) is 5.56 Å². The molecule has 90 valence electrons. The number of nitrogens with two attached hydrogens (primary N) is 1. The van der Waals surface area contributed by atoms with Crippen molar-refractivity contribution in [1.82, 2.24) is 0 Å². The minimum atomic E-state index is -3.41. The Kier molecular flexibility index (Phi) is 3.42. The summed E-state index contributed by atoms with van der Waals surface area (Å²) in [7, 11) is -3.41. The minimum Gasteiger partial charge on any atom is -0.398 e. The first-order chi connectivity index (χ1) is 7.99. The molecule has 0 saturated heterocycles. The maximum absolute atomic E-state index is 12.1. The molecule has 3 nitrogen and oxygen atoms in total. The van der Waals surface area contributed by atoms with Crippen LogP contribution < -0.4 is 5.73 Å². The number of nitrogen functional groups attached to an aromatic ring is 1. The summed E-state index contributed by atoms with van der Waals surface area (Å²) in [4.78, 5) is 0.133. The van der Waals surface area contributed by atoms with E-state index < -0.39 is 9.84 Å². The summed E-state index contributed by atoms with van der Waals surface area (Å²) in [5, 5.41) is 4.08. The lowest BCUT2D eigenvalue weighted by molar-refractivity contribution is 0.596. The van der Waals surface area contributed by atoms with E-state index in [1.54, 1.807) is 6.07 Å². The Balaban J connectivity index is 2.38. The van der Waals surface area contributed by atoms with Crippen LogP contribution in [0.15, 0.2) is 39.9 Å². The average Bonchev–Trinajstić information content (AvgIpc) is 2.68. The molecule has 17 heavy (non-hydrogen) atoms. The highest BCUT2D eigenvalue weighted by Gasteiger charge is 2.18. The molecule has 0 aliphatic heterocycles. The lowest BCUT2D eigenvalue weighted by atomic mass is 10.3. The first kappa shape index (κ1) is 12.4.